The highest BCUT2D eigenvalue weighted by Gasteiger charge is 2.44. The Morgan fingerprint density at radius 3 is 2.76 bits per heavy atom. The third-order valence-corrected chi connectivity index (χ3v) is 3.97. The van der Waals surface area contributed by atoms with Crippen LogP contribution in [0.2, 0.25) is 0 Å². The molecule has 0 N–H and O–H groups in total. The summed E-state index contributed by atoms with van der Waals surface area (Å²) in [5, 5.41) is 0. The summed E-state index contributed by atoms with van der Waals surface area (Å²) in [6.45, 7) is 4.05. The van der Waals surface area contributed by atoms with Gasteiger partial charge < -0.3 is 9.47 Å². The van der Waals surface area contributed by atoms with Crippen molar-refractivity contribution in [2.24, 2.45) is 0 Å². The van der Waals surface area contributed by atoms with Crippen LogP contribution >= 0.6 is 0 Å². The molecule has 1 aliphatic heterocycles. The minimum Gasteiger partial charge on any atom is -0.344 e. The van der Waals surface area contributed by atoms with Gasteiger partial charge in [0.15, 0.2) is 5.79 Å². The first-order chi connectivity index (χ1) is 8.16. The molecule has 1 saturated heterocycles. The number of hydrogen-bond donors (Lipinski definition) is 0. The van der Waals surface area contributed by atoms with Crippen LogP contribution < -0.4 is 0 Å². The minimum atomic E-state index is -0.409. The molecule has 3 aliphatic rings. The van der Waals surface area contributed by atoms with Crippen LogP contribution in [0.1, 0.15) is 52.4 Å². The largest absolute Gasteiger partial charge is 0.344 e. The van der Waals surface area contributed by atoms with E-state index in [2.05, 4.69) is 12.2 Å². The van der Waals surface area contributed by atoms with Gasteiger partial charge in [0.25, 0.3) is 0 Å². The number of ether oxygens (including phenoxy) is 2. The first-order valence-corrected chi connectivity index (χ1v) is 6.91. The molecule has 0 radical (unpaired) electrons. The molecule has 2 heteroatoms. The lowest BCUT2D eigenvalue weighted by Gasteiger charge is -2.27. The molecule has 94 valence electrons. The molecule has 0 amide bonds. The predicted octanol–water partition coefficient (Wildman–Crippen LogP) is 3.73. The maximum atomic E-state index is 6.09. The van der Waals surface area contributed by atoms with E-state index in [0.717, 1.165) is 12.8 Å². The first kappa shape index (κ1) is 11.5. The molecule has 2 nitrogen and oxygen atoms in total. The Bertz CT molecular complexity index is 365. The van der Waals surface area contributed by atoms with Crippen LogP contribution in [0.3, 0.4) is 0 Å². The van der Waals surface area contributed by atoms with Gasteiger partial charge >= 0.3 is 0 Å². The SMILES string of the molecule is CC1(C)O[C@H]2CCC=C(C3=CCCCC3)[C@H]2O1. The van der Waals surface area contributed by atoms with Crippen LogP contribution in [0.5, 0.6) is 0 Å². The summed E-state index contributed by atoms with van der Waals surface area (Å²) in [5.41, 5.74) is 2.94. The van der Waals surface area contributed by atoms with Crippen molar-refractivity contribution < 1.29 is 9.47 Å². The van der Waals surface area contributed by atoms with Gasteiger partial charge in [-0.3, -0.25) is 0 Å². The van der Waals surface area contributed by atoms with Crippen molar-refractivity contribution >= 4 is 0 Å². The molecule has 2 aliphatic carbocycles. The van der Waals surface area contributed by atoms with E-state index in [0.29, 0.717) is 0 Å². The Morgan fingerprint density at radius 1 is 1.12 bits per heavy atom. The van der Waals surface area contributed by atoms with Crippen molar-refractivity contribution in [3.63, 3.8) is 0 Å². The van der Waals surface area contributed by atoms with Gasteiger partial charge in [-0.05, 0) is 63.5 Å². The van der Waals surface area contributed by atoms with Gasteiger partial charge in [-0.2, -0.15) is 0 Å². The molecular weight excluding hydrogens is 212 g/mol. The van der Waals surface area contributed by atoms with E-state index in [1.165, 1.54) is 36.8 Å². The molecule has 3 rings (SSSR count). The van der Waals surface area contributed by atoms with Gasteiger partial charge in [0.05, 0.1) is 6.10 Å². The van der Waals surface area contributed by atoms with Crippen LogP contribution in [0.15, 0.2) is 23.3 Å². The van der Waals surface area contributed by atoms with E-state index in [9.17, 15) is 0 Å². The fourth-order valence-electron chi connectivity index (χ4n) is 3.24. The lowest BCUT2D eigenvalue weighted by Crippen LogP contribution is -2.29. The lowest BCUT2D eigenvalue weighted by molar-refractivity contribution is -0.143. The summed E-state index contributed by atoms with van der Waals surface area (Å²) >= 11 is 0. The average molecular weight is 234 g/mol. The highest BCUT2D eigenvalue weighted by molar-refractivity contribution is 5.38. The molecule has 0 saturated carbocycles. The Kier molecular flexibility index (Phi) is 2.87. The van der Waals surface area contributed by atoms with Crippen molar-refractivity contribution in [2.45, 2.75) is 70.4 Å². The summed E-state index contributed by atoms with van der Waals surface area (Å²) in [6.07, 6.45) is 12.6. The molecule has 2 atom stereocenters. The number of hydrogen-bond acceptors (Lipinski definition) is 2. The van der Waals surface area contributed by atoms with Crippen LogP contribution in [-0.4, -0.2) is 18.0 Å². The number of allylic oxidation sites excluding steroid dienone is 2. The summed E-state index contributed by atoms with van der Waals surface area (Å²) in [4.78, 5) is 0. The molecule has 0 aromatic carbocycles. The maximum Gasteiger partial charge on any atom is 0.164 e. The number of fused-ring (bicyclic) bond motifs is 1. The number of rotatable bonds is 1. The zero-order valence-corrected chi connectivity index (χ0v) is 10.9. The predicted molar refractivity (Wildman–Crippen MR) is 67.7 cm³/mol. The fourth-order valence-corrected chi connectivity index (χ4v) is 3.24. The topological polar surface area (TPSA) is 18.5 Å². The summed E-state index contributed by atoms with van der Waals surface area (Å²) in [7, 11) is 0. The second-order valence-corrected chi connectivity index (χ2v) is 5.81. The smallest absolute Gasteiger partial charge is 0.164 e. The average Bonchev–Trinajstić information content (AvgIpc) is 2.63. The Labute approximate surface area is 104 Å². The zero-order valence-electron chi connectivity index (χ0n) is 10.9. The molecule has 0 aromatic rings. The van der Waals surface area contributed by atoms with Gasteiger partial charge in [0.1, 0.15) is 6.10 Å². The monoisotopic (exact) mass is 234 g/mol. The molecular formula is C15H22O2. The van der Waals surface area contributed by atoms with E-state index < -0.39 is 5.79 Å². The molecule has 1 heterocycles. The lowest BCUT2D eigenvalue weighted by atomic mass is 9.84. The molecule has 1 fully saturated rings. The van der Waals surface area contributed by atoms with E-state index >= 15 is 0 Å². The van der Waals surface area contributed by atoms with E-state index in [4.69, 9.17) is 9.47 Å². The van der Waals surface area contributed by atoms with Gasteiger partial charge in [-0.1, -0.05) is 12.2 Å². The van der Waals surface area contributed by atoms with Gasteiger partial charge in [-0.15, -0.1) is 0 Å². The van der Waals surface area contributed by atoms with Crippen molar-refractivity contribution in [2.75, 3.05) is 0 Å². The van der Waals surface area contributed by atoms with Gasteiger partial charge in [0.2, 0.25) is 0 Å². The standard InChI is InChI=1S/C15H22O2/c1-15(2)16-13-10-6-9-12(14(13)17-15)11-7-4-3-5-8-11/h7,9,13-14H,3-6,8,10H2,1-2H3/t13-,14+/m0/s1. The van der Waals surface area contributed by atoms with Gasteiger partial charge in [-0.25, -0.2) is 0 Å². The third-order valence-electron chi connectivity index (χ3n) is 3.97. The van der Waals surface area contributed by atoms with Crippen molar-refractivity contribution in [1.29, 1.82) is 0 Å². The molecule has 0 spiro atoms. The van der Waals surface area contributed by atoms with Crippen molar-refractivity contribution in [3.8, 4) is 0 Å². The first-order valence-electron chi connectivity index (χ1n) is 6.91. The quantitative estimate of drug-likeness (QED) is 0.688. The van der Waals surface area contributed by atoms with E-state index in [-0.39, 0.29) is 12.2 Å². The van der Waals surface area contributed by atoms with Crippen LogP contribution in [0, 0.1) is 0 Å². The molecule has 0 bridgehead atoms. The fraction of sp³-hybridized carbons (Fsp3) is 0.733. The van der Waals surface area contributed by atoms with E-state index in [1.807, 2.05) is 13.8 Å². The Balaban J connectivity index is 1.84. The molecule has 17 heavy (non-hydrogen) atoms. The summed E-state index contributed by atoms with van der Waals surface area (Å²) in [6, 6.07) is 0. The molecule has 0 aromatic heterocycles. The Hall–Kier alpha value is -0.600. The minimum absolute atomic E-state index is 0.183. The maximum absolute atomic E-state index is 6.09. The normalized spacial score (nSPS) is 36.1. The van der Waals surface area contributed by atoms with E-state index in [1.54, 1.807) is 0 Å². The zero-order chi connectivity index (χ0) is 11.9. The van der Waals surface area contributed by atoms with Crippen LogP contribution in [0.25, 0.3) is 0 Å². The Morgan fingerprint density at radius 2 is 2.00 bits per heavy atom. The summed E-state index contributed by atoms with van der Waals surface area (Å²) in [5.74, 6) is -0.409. The van der Waals surface area contributed by atoms with Crippen molar-refractivity contribution in [1.82, 2.24) is 0 Å². The van der Waals surface area contributed by atoms with Crippen LogP contribution in [0.4, 0.5) is 0 Å². The molecule has 0 unspecified atom stereocenters. The summed E-state index contributed by atoms with van der Waals surface area (Å²) < 4.78 is 12.1. The highest BCUT2D eigenvalue weighted by Crippen LogP contribution is 2.41. The second-order valence-electron chi connectivity index (χ2n) is 5.81. The second kappa shape index (κ2) is 4.25. The highest BCUT2D eigenvalue weighted by atomic mass is 16.7. The van der Waals surface area contributed by atoms with Crippen molar-refractivity contribution in [3.05, 3.63) is 23.3 Å². The third kappa shape index (κ3) is 2.21. The van der Waals surface area contributed by atoms with Crippen LogP contribution in [-0.2, 0) is 9.47 Å². The van der Waals surface area contributed by atoms with Gasteiger partial charge in [0, 0.05) is 0 Å².